The summed E-state index contributed by atoms with van der Waals surface area (Å²) < 4.78 is 55.1. The molecule has 0 saturated carbocycles. The number of nitrogens with zero attached hydrogens (tertiary/aromatic N) is 6. The molecule has 0 aliphatic carbocycles. The van der Waals surface area contributed by atoms with Gasteiger partial charge in [0.15, 0.2) is 10.8 Å². The first kappa shape index (κ1) is 23.4. The van der Waals surface area contributed by atoms with Crippen LogP contribution < -0.4 is 4.90 Å². The Morgan fingerprint density at radius 2 is 2.00 bits per heavy atom. The van der Waals surface area contributed by atoms with Gasteiger partial charge < -0.3 is 4.90 Å². The lowest BCUT2D eigenvalue weighted by atomic mass is 10.0. The molecule has 0 N–H and O–H groups in total. The number of amides is 1. The Balaban J connectivity index is 1.67. The summed E-state index contributed by atoms with van der Waals surface area (Å²) in [6.45, 7) is 3.41. The number of thiocarbonyl (C=S) groups is 1. The second-order valence-corrected chi connectivity index (χ2v) is 8.45. The van der Waals surface area contributed by atoms with Crippen LogP contribution in [0.5, 0.6) is 0 Å². The van der Waals surface area contributed by atoms with E-state index in [0.29, 0.717) is 23.9 Å². The third-order valence-electron chi connectivity index (χ3n) is 5.59. The number of alkyl halides is 3. The number of hydrogen-bond donors (Lipinski definition) is 0. The number of nitriles is 1. The molecule has 2 aliphatic rings. The Hall–Kier alpha value is -3.72. The molecule has 3 heterocycles. The SMILES string of the molecule is CC1(C)C(=O)N(c2cnc(C#N)c(C(F)(F)F)c2)C(=S)N1Cc1ccc(C2=CCN=N2)cc1F. The van der Waals surface area contributed by atoms with E-state index >= 15 is 0 Å². The minimum atomic E-state index is -4.85. The van der Waals surface area contributed by atoms with Crippen molar-refractivity contribution in [3.8, 4) is 6.07 Å². The Morgan fingerprint density at radius 3 is 2.59 bits per heavy atom. The van der Waals surface area contributed by atoms with Crippen LogP contribution in [0.15, 0.2) is 46.8 Å². The minimum absolute atomic E-state index is 0.101. The fourth-order valence-electron chi connectivity index (χ4n) is 3.68. The largest absolute Gasteiger partial charge is 0.419 e. The normalized spacial score (nSPS) is 17.4. The number of carbonyl (C=O) groups excluding carboxylic acids is 1. The van der Waals surface area contributed by atoms with Gasteiger partial charge in [-0.25, -0.2) is 9.37 Å². The highest BCUT2D eigenvalue weighted by molar-refractivity contribution is 7.80. The molecular formula is C22H16F4N6OS. The van der Waals surface area contributed by atoms with E-state index in [4.69, 9.17) is 17.5 Å². The van der Waals surface area contributed by atoms with Gasteiger partial charge in [0.05, 0.1) is 29.7 Å². The predicted molar refractivity (Wildman–Crippen MR) is 118 cm³/mol. The van der Waals surface area contributed by atoms with Crippen molar-refractivity contribution in [3.63, 3.8) is 0 Å². The Kier molecular flexibility index (Phi) is 5.69. The number of azo groups is 1. The van der Waals surface area contributed by atoms with Crippen LogP contribution in [0.1, 0.15) is 36.2 Å². The second-order valence-electron chi connectivity index (χ2n) is 8.09. The standard InChI is InChI=1S/C22H16F4N6OS/c1-21(2)19(33)32(14-8-15(22(24,25)26)18(9-27)28-10-14)20(34)31(21)11-13-4-3-12(7-16(13)23)17-5-6-29-30-17/h3-5,7-8,10H,6,11H2,1-2H3. The van der Waals surface area contributed by atoms with Gasteiger partial charge in [-0.2, -0.15) is 28.7 Å². The molecule has 4 rings (SSSR count). The number of hydrogen-bond acceptors (Lipinski definition) is 6. The zero-order valence-corrected chi connectivity index (χ0v) is 18.7. The maximum absolute atomic E-state index is 14.9. The Labute approximate surface area is 197 Å². The van der Waals surface area contributed by atoms with E-state index in [9.17, 15) is 22.4 Å². The number of carbonyl (C=O) groups is 1. The van der Waals surface area contributed by atoms with E-state index in [1.807, 2.05) is 0 Å². The maximum Gasteiger partial charge on any atom is 0.419 e. The van der Waals surface area contributed by atoms with Crippen molar-refractivity contribution in [3.05, 3.63) is 64.7 Å². The number of pyridine rings is 1. The number of rotatable bonds is 4. The van der Waals surface area contributed by atoms with Gasteiger partial charge in [-0.15, -0.1) is 0 Å². The Morgan fingerprint density at radius 1 is 1.26 bits per heavy atom. The molecule has 2 aromatic rings. The zero-order valence-electron chi connectivity index (χ0n) is 17.9. The van der Waals surface area contributed by atoms with Gasteiger partial charge in [-0.3, -0.25) is 9.69 Å². The summed E-state index contributed by atoms with van der Waals surface area (Å²) in [6.07, 6.45) is -2.12. The van der Waals surface area contributed by atoms with Gasteiger partial charge >= 0.3 is 6.18 Å². The van der Waals surface area contributed by atoms with E-state index in [0.717, 1.165) is 11.1 Å². The average molecular weight is 488 g/mol. The van der Waals surface area contributed by atoms with Gasteiger partial charge in [0.2, 0.25) is 0 Å². The van der Waals surface area contributed by atoms with Crippen molar-refractivity contribution in [2.24, 2.45) is 10.2 Å². The first-order chi connectivity index (χ1) is 15.9. The van der Waals surface area contributed by atoms with Crippen LogP contribution in [-0.2, 0) is 17.5 Å². The smallest absolute Gasteiger partial charge is 0.330 e. The summed E-state index contributed by atoms with van der Waals surface area (Å²) in [5.41, 5.74) is -2.27. The molecule has 0 unspecified atom stereocenters. The number of aromatic nitrogens is 1. The molecule has 1 saturated heterocycles. The lowest BCUT2D eigenvalue weighted by Crippen LogP contribution is -2.43. The van der Waals surface area contributed by atoms with Gasteiger partial charge in [0, 0.05) is 17.7 Å². The van der Waals surface area contributed by atoms with Crippen LogP contribution in [0.4, 0.5) is 23.2 Å². The van der Waals surface area contributed by atoms with E-state index < -0.39 is 34.7 Å². The van der Waals surface area contributed by atoms with Crippen molar-refractivity contribution in [1.29, 1.82) is 5.26 Å². The summed E-state index contributed by atoms with van der Waals surface area (Å²) in [7, 11) is 0. The molecule has 0 spiro atoms. The van der Waals surface area contributed by atoms with Crippen molar-refractivity contribution in [2.75, 3.05) is 11.4 Å². The lowest BCUT2D eigenvalue weighted by molar-refractivity contribution is -0.138. The highest BCUT2D eigenvalue weighted by Crippen LogP contribution is 2.38. The van der Waals surface area contributed by atoms with E-state index in [1.165, 1.54) is 23.1 Å². The Bertz CT molecular complexity index is 1310. The highest BCUT2D eigenvalue weighted by atomic mass is 32.1. The lowest BCUT2D eigenvalue weighted by Gasteiger charge is -2.29. The molecule has 1 aromatic carbocycles. The molecule has 2 aliphatic heterocycles. The summed E-state index contributed by atoms with van der Waals surface area (Å²) in [4.78, 5) is 19.1. The highest BCUT2D eigenvalue weighted by Gasteiger charge is 2.50. The molecule has 1 aromatic heterocycles. The van der Waals surface area contributed by atoms with Crippen molar-refractivity contribution < 1.29 is 22.4 Å². The molecule has 1 fully saturated rings. The zero-order chi connectivity index (χ0) is 24.8. The summed E-state index contributed by atoms with van der Waals surface area (Å²) in [6, 6.07) is 6.56. The first-order valence-corrected chi connectivity index (χ1v) is 10.4. The number of halogens is 4. The first-order valence-electron chi connectivity index (χ1n) is 9.95. The fraction of sp³-hybridized carbons (Fsp3) is 0.273. The molecular weight excluding hydrogens is 472 g/mol. The maximum atomic E-state index is 14.9. The molecule has 0 bridgehead atoms. The summed E-state index contributed by atoms with van der Waals surface area (Å²) in [5.74, 6) is -1.16. The number of benzene rings is 1. The number of anilines is 1. The van der Waals surface area contributed by atoms with Crippen LogP contribution in [0.25, 0.3) is 5.70 Å². The second kappa shape index (κ2) is 8.25. The van der Waals surface area contributed by atoms with E-state index in [1.54, 1.807) is 26.0 Å². The fourth-order valence-corrected chi connectivity index (χ4v) is 4.16. The molecule has 1 amide bonds. The van der Waals surface area contributed by atoms with Crippen LogP contribution in [-0.4, -0.2) is 33.0 Å². The predicted octanol–water partition coefficient (Wildman–Crippen LogP) is 4.83. The minimum Gasteiger partial charge on any atom is -0.330 e. The van der Waals surface area contributed by atoms with Gasteiger partial charge in [0.25, 0.3) is 5.91 Å². The topological polar surface area (TPSA) is 85.0 Å². The molecule has 0 radical (unpaired) electrons. The van der Waals surface area contributed by atoms with Crippen molar-refractivity contribution >= 4 is 34.6 Å². The van der Waals surface area contributed by atoms with E-state index in [-0.39, 0.29) is 22.9 Å². The van der Waals surface area contributed by atoms with Crippen LogP contribution in [0.2, 0.25) is 0 Å². The summed E-state index contributed by atoms with van der Waals surface area (Å²) in [5, 5.41) is 16.6. The third kappa shape index (κ3) is 3.92. The molecule has 0 atom stereocenters. The molecule has 12 heteroatoms. The molecule has 34 heavy (non-hydrogen) atoms. The van der Waals surface area contributed by atoms with Crippen molar-refractivity contribution in [1.82, 2.24) is 9.88 Å². The third-order valence-corrected chi connectivity index (χ3v) is 5.99. The quantitative estimate of drug-likeness (QED) is 0.455. The molecule has 7 nitrogen and oxygen atoms in total. The van der Waals surface area contributed by atoms with Gasteiger partial charge in [-0.05, 0) is 44.3 Å². The summed E-state index contributed by atoms with van der Waals surface area (Å²) >= 11 is 5.42. The average Bonchev–Trinajstić information content (AvgIpc) is 3.37. The van der Waals surface area contributed by atoms with E-state index in [2.05, 4.69) is 15.2 Å². The monoisotopic (exact) mass is 488 g/mol. The molecule has 174 valence electrons. The van der Waals surface area contributed by atoms with Gasteiger partial charge in [0.1, 0.15) is 17.4 Å². The van der Waals surface area contributed by atoms with Crippen LogP contribution in [0.3, 0.4) is 0 Å². The van der Waals surface area contributed by atoms with Crippen molar-refractivity contribution in [2.45, 2.75) is 32.1 Å². The van der Waals surface area contributed by atoms with Crippen LogP contribution in [0, 0.1) is 17.1 Å². The van der Waals surface area contributed by atoms with Gasteiger partial charge in [-0.1, -0.05) is 12.1 Å². The van der Waals surface area contributed by atoms with Crippen LogP contribution >= 0.6 is 12.2 Å².